The summed E-state index contributed by atoms with van der Waals surface area (Å²) in [5.74, 6) is 1.99. The van der Waals surface area contributed by atoms with Gasteiger partial charge >= 0.3 is 229 Å². The number of rotatable bonds is 4. The van der Waals surface area contributed by atoms with Gasteiger partial charge in [0.05, 0.1) is 0 Å². The molecule has 10 aromatic rings. The maximum absolute atomic E-state index is 5.00. The molecule has 0 N–H and O–H groups in total. The van der Waals surface area contributed by atoms with Crippen LogP contribution >= 0.6 is 0 Å². The van der Waals surface area contributed by atoms with Gasteiger partial charge in [0.25, 0.3) is 0 Å². The number of hydrogen-bond acceptors (Lipinski definition) is 3. The first-order valence-electron chi connectivity index (χ1n) is 16.4. The Balaban J connectivity index is 1.20. The summed E-state index contributed by atoms with van der Waals surface area (Å²) in [6.07, 6.45) is 0. The summed E-state index contributed by atoms with van der Waals surface area (Å²) < 4.78 is 2.94. The smallest absolute Gasteiger partial charge is 0.0512 e. The van der Waals surface area contributed by atoms with Crippen molar-refractivity contribution in [1.82, 2.24) is 15.0 Å². The molecular weight excluding hydrogens is 661 g/mol. The van der Waals surface area contributed by atoms with E-state index in [4.69, 9.17) is 15.0 Å². The third kappa shape index (κ3) is 4.69. The van der Waals surface area contributed by atoms with Crippen LogP contribution in [0, 0.1) is 0 Å². The third-order valence-corrected chi connectivity index (χ3v) is 12.0. The normalized spacial score (nSPS) is 11.7. The van der Waals surface area contributed by atoms with E-state index in [-0.39, 0.29) is 14.5 Å². The van der Waals surface area contributed by atoms with Crippen molar-refractivity contribution in [3.8, 4) is 45.3 Å². The summed E-state index contributed by atoms with van der Waals surface area (Å²) in [6, 6.07) is 58.4. The minimum Gasteiger partial charge on any atom is -0.0615 e. The van der Waals surface area contributed by atoms with Crippen LogP contribution < -0.4 is 0 Å². The molecule has 0 saturated carbocycles. The van der Waals surface area contributed by atoms with Gasteiger partial charge in [-0.2, -0.15) is 0 Å². The van der Waals surface area contributed by atoms with Gasteiger partial charge in [-0.05, 0) is 0 Å². The number of hydrogen-bond donors (Lipinski definition) is 0. The maximum Gasteiger partial charge on any atom is -0.0512 e. The van der Waals surface area contributed by atoms with Crippen molar-refractivity contribution >= 4 is 66.1 Å². The number of nitrogens with zero attached hydrogens (tertiary/aromatic N) is 3. The van der Waals surface area contributed by atoms with E-state index in [9.17, 15) is 0 Å². The van der Waals surface area contributed by atoms with Crippen LogP contribution in [-0.4, -0.2) is 29.5 Å². The fraction of sp³-hybridized carbons (Fsp3) is 0. The molecule has 2 aromatic heterocycles. The van der Waals surface area contributed by atoms with Gasteiger partial charge in [-0.25, -0.2) is 0 Å². The Kier molecular flexibility index (Phi) is 6.51. The van der Waals surface area contributed by atoms with Gasteiger partial charge in [0.15, 0.2) is 0 Å². The first-order valence-corrected chi connectivity index (χ1v) is 18.2. The van der Waals surface area contributed by atoms with E-state index in [2.05, 4.69) is 103 Å². The Morgan fingerprint density at radius 1 is 0.347 bits per heavy atom. The van der Waals surface area contributed by atoms with E-state index in [1.54, 1.807) is 0 Å². The van der Waals surface area contributed by atoms with Crippen LogP contribution in [0.4, 0.5) is 0 Å². The molecule has 4 heteroatoms. The molecule has 0 amide bonds. The molecule has 3 nitrogen and oxygen atoms in total. The van der Waals surface area contributed by atoms with Crippen LogP contribution in [0.5, 0.6) is 0 Å². The molecule has 0 spiro atoms. The summed E-state index contributed by atoms with van der Waals surface area (Å²) in [6.45, 7) is 0. The molecule has 49 heavy (non-hydrogen) atoms. The van der Waals surface area contributed by atoms with Crippen LogP contribution in [0.25, 0.3) is 96.9 Å². The largest absolute Gasteiger partial charge is 0.0615 e. The van der Waals surface area contributed by atoms with E-state index in [1.165, 1.54) is 57.4 Å². The first kappa shape index (κ1) is 28.1. The molecule has 228 valence electrons. The van der Waals surface area contributed by atoms with Crippen molar-refractivity contribution in [3.05, 3.63) is 164 Å². The summed E-state index contributed by atoms with van der Waals surface area (Å²) >= 11 is 0.216. The minimum absolute atomic E-state index is 0.216. The van der Waals surface area contributed by atoms with Crippen molar-refractivity contribution in [2.24, 2.45) is 0 Å². The number of benzene rings is 8. The molecule has 0 atom stereocenters. The van der Waals surface area contributed by atoms with Gasteiger partial charge in [0.1, 0.15) is 0 Å². The van der Waals surface area contributed by atoms with Gasteiger partial charge in [-0.3, -0.25) is 0 Å². The monoisotopic (exact) mass is 689 g/mol. The molecule has 0 aliphatic heterocycles. The molecule has 10 rings (SSSR count). The average Bonchev–Trinajstić information content (AvgIpc) is 3.57. The molecule has 2 heterocycles. The summed E-state index contributed by atoms with van der Waals surface area (Å²) in [4.78, 5) is 14.9. The predicted octanol–water partition coefficient (Wildman–Crippen LogP) is 11.4. The fourth-order valence-electron chi connectivity index (χ4n) is 7.19. The van der Waals surface area contributed by atoms with Gasteiger partial charge in [0, 0.05) is 0 Å². The van der Waals surface area contributed by atoms with Crippen molar-refractivity contribution in [2.75, 3.05) is 0 Å². The average molecular weight is 689 g/mol. The van der Waals surface area contributed by atoms with Crippen molar-refractivity contribution in [3.63, 3.8) is 0 Å². The molecule has 0 aliphatic carbocycles. The van der Waals surface area contributed by atoms with Gasteiger partial charge in [-0.1, -0.05) is 60.7 Å². The SMILES string of the molecule is c1ccc(-c2nc(-c3ccccc3)nc(-c3ccc4c(-c5cc6ccc7ccccc7c6c6[se]c7ccccc7c56)cccc4c3)n2)cc1. The maximum atomic E-state index is 5.00. The second-order valence-corrected chi connectivity index (χ2v) is 14.6. The quantitative estimate of drug-likeness (QED) is 0.136. The second kappa shape index (κ2) is 11.3. The van der Waals surface area contributed by atoms with Crippen LogP contribution in [-0.2, 0) is 0 Å². The Morgan fingerprint density at radius 3 is 1.71 bits per heavy atom. The molecule has 0 radical (unpaired) electrons. The van der Waals surface area contributed by atoms with Crippen molar-refractivity contribution in [2.45, 2.75) is 0 Å². The zero-order chi connectivity index (χ0) is 32.3. The molecule has 0 aliphatic rings. The first-order chi connectivity index (χ1) is 24.3. The van der Waals surface area contributed by atoms with Gasteiger partial charge in [0.2, 0.25) is 0 Å². The summed E-state index contributed by atoms with van der Waals surface area (Å²) in [5, 5.41) is 10.4. The van der Waals surface area contributed by atoms with Crippen molar-refractivity contribution in [1.29, 1.82) is 0 Å². The Hall–Kier alpha value is -5.93. The zero-order valence-electron chi connectivity index (χ0n) is 26.3. The third-order valence-electron chi connectivity index (χ3n) is 9.48. The standard InChI is InChI=1S/C45H27N3Se/c1-3-13-29(14-4-1)43-46-44(30-15-5-2-6-16-30)48-45(47-43)33-24-25-34-31(26-33)17-11-20-36(34)38-27-32-23-22-28-12-7-8-18-35(28)40(32)42-41(38)37-19-9-10-21-39(37)49-42/h1-27H. The van der Waals surface area contributed by atoms with Crippen molar-refractivity contribution < 1.29 is 0 Å². The minimum atomic E-state index is 0.216. The molecule has 0 unspecified atom stereocenters. The molecule has 0 bridgehead atoms. The van der Waals surface area contributed by atoms with Crippen LogP contribution in [0.1, 0.15) is 0 Å². The van der Waals surface area contributed by atoms with E-state index in [0.717, 1.165) is 22.1 Å². The molecule has 0 fully saturated rings. The van der Waals surface area contributed by atoms with E-state index in [0.29, 0.717) is 17.5 Å². The van der Waals surface area contributed by atoms with E-state index in [1.807, 2.05) is 60.7 Å². The Bertz CT molecular complexity index is 2820. The summed E-state index contributed by atoms with van der Waals surface area (Å²) in [7, 11) is 0. The number of fused-ring (bicyclic) bond motifs is 8. The van der Waals surface area contributed by atoms with E-state index >= 15 is 0 Å². The Labute approximate surface area is 288 Å². The Morgan fingerprint density at radius 2 is 0.959 bits per heavy atom. The summed E-state index contributed by atoms with van der Waals surface area (Å²) in [5.41, 5.74) is 5.43. The van der Waals surface area contributed by atoms with Crippen LogP contribution in [0.15, 0.2) is 164 Å². The van der Waals surface area contributed by atoms with E-state index < -0.39 is 0 Å². The van der Waals surface area contributed by atoms with Gasteiger partial charge < -0.3 is 0 Å². The fourth-order valence-corrected chi connectivity index (χ4v) is 9.91. The van der Waals surface area contributed by atoms with Crippen LogP contribution in [0.3, 0.4) is 0 Å². The van der Waals surface area contributed by atoms with Crippen LogP contribution in [0.2, 0.25) is 0 Å². The van der Waals surface area contributed by atoms with Gasteiger partial charge in [-0.15, -0.1) is 0 Å². The molecule has 0 saturated heterocycles. The number of aromatic nitrogens is 3. The second-order valence-electron chi connectivity index (χ2n) is 12.4. The predicted molar refractivity (Wildman–Crippen MR) is 206 cm³/mol. The zero-order valence-corrected chi connectivity index (χ0v) is 28.1. The molecule has 8 aromatic carbocycles. The topological polar surface area (TPSA) is 38.7 Å². The molecular formula is C45H27N3Se.